The molecule has 2 nitrogen and oxygen atoms in total. The summed E-state index contributed by atoms with van der Waals surface area (Å²) >= 11 is 0. The van der Waals surface area contributed by atoms with Crippen LogP contribution < -0.4 is 4.74 Å². The maximum absolute atomic E-state index is 14.1. The van der Waals surface area contributed by atoms with Crippen molar-refractivity contribution in [3.8, 4) is 17.0 Å². The third-order valence-corrected chi connectivity index (χ3v) is 4.33. The molecule has 0 bridgehead atoms. The lowest BCUT2D eigenvalue weighted by Crippen LogP contribution is -1.97. The molecular formula is C22H30FNO. The Kier molecular flexibility index (Phi) is 8.44. The molecule has 136 valence electrons. The summed E-state index contributed by atoms with van der Waals surface area (Å²) in [6.07, 6.45) is 11.6. The first-order chi connectivity index (χ1) is 12.2. The fraction of sp³-hybridized carbons (Fsp3) is 0.500. The number of pyridine rings is 1. The maximum atomic E-state index is 14.1. The first kappa shape index (κ1) is 19.4. The van der Waals surface area contributed by atoms with E-state index in [1.807, 2.05) is 25.3 Å². The second kappa shape index (κ2) is 10.9. The van der Waals surface area contributed by atoms with Crippen molar-refractivity contribution in [3.63, 3.8) is 0 Å². The molecule has 1 aromatic carbocycles. The second-order valence-electron chi connectivity index (χ2n) is 6.56. The Morgan fingerprint density at radius 3 is 2.40 bits per heavy atom. The van der Waals surface area contributed by atoms with E-state index in [0.29, 0.717) is 12.4 Å². The molecule has 0 aliphatic rings. The molecule has 0 saturated heterocycles. The van der Waals surface area contributed by atoms with Gasteiger partial charge >= 0.3 is 0 Å². The molecule has 0 saturated carbocycles. The van der Waals surface area contributed by atoms with Crippen molar-refractivity contribution in [2.24, 2.45) is 0 Å². The van der Waals surface area contributed by atoms with Crippen LogP contribution in [0.4, 0.5) is 4.39 Å². The zero-order chi connectivity index (χ0) is 17.9. The van der Waals surface area contributed by atoms with Crippen LogP contribution in [-0.2, 0) is 6.42 Å². The summed E-state index contributed by atoms with van der Waals surface area (Å²) in [4.78, 5) is 4.50. The van der Waals surface area contributed by atoms with Crippen molar-refractivity contribution in [1.29, 1.82) is 0 Å². The molecule has 2 aromatic rings. The molecule has 1 aromatic heterocycles. The number of hydrogen-bond donors (Lipinski definition) is 0. The monoisotopic (exact) mass is 343 g/mol. The van der Waals surface area contributed by atoms with Gasteiger partial charge in [-0.2, -0.15) is 0 Å². The minimum atomic E-state index is -0.330. The molecule has 0 fully saturated rings. The predicted octanol–water partition coefficient (Wildman–Crippen LogP) is 6.58. The highest BCUT2D eigenvalue weighted by atomic mass is 19.1. The Labute approximate surface area is 151 Å². The standard InChI is InChI=1S/C22H30FNO/c1-3-5-6-7-8-9-10-18-11-13-21(24-17-18)19-12-14-22(20(23)16-19)25-15-4-2/h11-14,16-17H,3-10,15H2,1-2H3. The normalized spacial score (nSPS) is 10.8. The Morgan fingerprint density at radius 1 is 0.920 bits per heavy atom. The predicted molar refractivity (Wildman–Crippen MR) is 102 cm³/mol. The van der Waals surface area contributed by atoms with Gasteiger partial charge in [-0.3, -0.25) is 4.98 Å². The van der Waals surface area contributed by atoms with Crippen LogP contribution in [-0.4, -0.2) is 11.6 Å². The summed E-state index contributed by atoms with van der Waals surface area (Å²) in [6.45, 7) is 4.77. The largest absolute Gasteiger partial charge is 0.491 e. The number of unbranched alkanes of at least 4 members (excludes halogenated alkanes) is 5. The van der Waals surface area contributed by atoms with Gasteiger partial charge in [0.25, 0.3) is 0 Å². The van der Waals surface area contributed by atoms with E-state index in [9.17, 15) is 4.39 Å². The van der Waals surface area contributed by atoms with Crippen molar-refractivity contribution >= 4 is 0 Å². The van der Waals surface area contributed by atoms with Crippen LogP contribution in [0.3, 0.4) is 0 Å². The molecule has 0 unspecified atom stereocenters. The van der Waals surface area contributed by atoms with Crippen LogP contribution >= 0.6 is 0 Å². The fourth-order valence-electron chi connectivity index (χ4n) is 2.84. The smallest absolute Gasteiger partial charge is 0.165 e. The topological polar surface area (TPSA) is 22.1 Å². The lowest BCUT2D eigenvalue weighted by Gasteiger charge is -2.08. The van der Waals surface area contributed by atoms with Gasteiger partial charge in [-0.25, -0.2) is 4.39 Å². The second-order valence-corrected chi connectivity index (χ2v) is 6.56. The third kappa shape index (κ3) is 6.49. The van der Waals surface area contributed by atoms with E-state index >= 15 is 0 Å². The van der Waals surface area contributed by atoms with E-state index < -0.39 is 0 Å². The average Bonchev–Trinajstić information content (AvgIpc) is 2.64. The van der Waals surface area contributed by atoms with Crippen LogP contribution in [0, 0.1) is 5.82 Å². The van der Waals surface area contributed by atoms with Gasteiger partial charge in [0.15, 0.2) is 11.6 Å². The summed E-state index contributed by atoms with van der Waals surface area (Å²) in [6, 6.07) is 9.14. The van der Waals surface area contributed by atoms with Gasteiger partial charge in [-0.1, -0.05) is 52.0 Å². The molecule has 0 atom stereocenters. The van der Waals surface area contributed by atoms with Gasteiger partial charge < -0.3 is 4.74 Å². The highest BCUT2D eigenvalue weighted by Crippen LogP contribution is 2.25. The van der Waals surface area contributed by atoms with Crippen molar-refractivity contribution < 1.29 is 9.13 Å². The number of hydrogen-bond acceptors (Lipinski definition) is 2. The molecule has 25 heavy (non-hydrogen) atoms. The van der Waals surface area contributed by atoms with Gasteiger partial charge in [0, 0.05) is 11.8 Å². The molecule has 0 aliphatic heterocycles. The first-order valence-electron chi connectivity index (χ1n) is 9.62. The number of halogens is 1. The van der Waals surface area contributed by atoms with E-state index in [4.69, 9.17) is 4.74 Å². The zero-order valence-electron chi connectivity index (χ0n) is 15.6. The van der Waals surface area contributed by atoms with Crippen molar-refractivity contribution in [1.82, 2.24) is 4.98 Å². The van der Waals surface area contributed by atoms with Gasteiger partial charge in [-0.15, -0.1) is 0 Å². The van der Waals surface area contributed by atoms with Gasteiger partial charge in [0.2, 0.25) is 0 Å². The molecule has 0 N–H and O–H groups in total. The van der Waals surface area contributed by atoms with Crippen LogP contribution in [0.25, 0.3) is 11.3 Å². The number of rotatable bonds is 11. The highest BCUT2D eigenvalue weighted by molar-refractivity contribution is 5.60. The van der Waals surface area contributed by atoms with Crippen LogP contribution in [0.1, 0.15) is 64.4 Å². The number of benzene rings is 1. The van der Waals surface area contributed by atoms with Crippen LogP contribution in [0.5, 0.6) is 5.75 Å². The SMILES string of the molecule is CCCCCCCCc1ccc(-c2ccc(OCCC)c(F)c2)nc1. The molecule has 0 spiro atoms. The van der Waals surface area contributed by atoms with Crippen LogP contribution in [0.2, 0.25) is 0 Å². The molecular weight excluding hydrogens is 313 g/mol. The Hall–Kier alpha value is -1.90. The van der Waals surface area contributed by atoms with E-state index in [1.54, 1.807) is 6.07 Å². The average molecular weight is 343 g/mol. The summed E-state index contributed by atoms with van der Waals surface area (Å²) in [5, 5.41) is 0. The van der Waals surface area contributed by atoms with E-state index in [1.165, 1.54) is 50.2 Å². The van der Waals surface area contributed by atoms with Gasteiger partial charge in [-0.05, 0) is 49.1 Å². The summed E-state index contributed by atoms with van der Waals surface area (Å²) in [7, 11) is 0. The fourth-order valence-corrected chi connectivity index (χ4v) is 2.84. The molecule has 0 amide bonds. The van der Waals surface area contributed by atoms with E-state index in [0.717, 1.165) is 24.1 Å². The molecule has 3 heteroatoms. The molecule has 0 radical (unpaired) electrons. The van der Waals surface area contributed by atoms with Gasteiger partial charge in [0.1, 0.15) is 0 Å². The summed E-state index contributed by atoms with van der Waals surface area (Å²) < 4.78 is 19.5. The van der Waals surface area contributed by atoms with Crippen molar-refractivity contribution in [3.05, 3.63) is 47.9 Å². The number of ether oxygens (including phenoxy) is 1. The highest BCUT2D eigenvalue weighted by Gasteiger charge is 2.07. The van der Waals surface area contributed by atoms with Gasteiger partial charge in [0.05, 0.1) is 12.3 Å². The van der Waals surface area contributed by atoms with E-state index in [2.05, 4.69) is 18.0 Å². The van der Waals surface area contributed by atoms with Crippen LogP contribution in [0.15, 0.2) is 36.5 Å². The Bertz CT molecular complexity index is 624. The third-order valence-electron chi connectivity index (χ3n) is 4.33. The lowest BCUT2D eigenvalue weighted by atomic mass is 10.0. The minimum Gasteiger partial charge on any atom is -0.491 e. The number of nitrogens with zero attached hydrogens (tertiary/aromatic N) is 1. The lowest BCUT2D eigenvalue weighted by molar-refractivity contribution is 0.301. The molecule has 2 rings (SSSR count). The van der Waals surface area contributed by atoms with E-state index in [-0.39, 0.29) is 5.82 Å². The summed E-state index contributed by atoms with van der Waals surface area (Å²) in [5.74, 6) is -0.0193. The zero-order valence-corrected chi connectivity index (χ0v) is 15.6. The Balaban J connectivity index is 1.88. The first-order valence-corrected chi connectivity index (χ1v) is 9.62. The van der Waals surface area contributed by atoms with Crippen molar-refractivity contribution in [2.75, 3.05) is 6.61 Å². The quantitative estimate of drug-likeness (QED) is 0.430. The van der Waals surface area contributed by atoms with Crippen molar-refractivity contribution in [2.45, 2.75) is 65.2 Å². The minimum absolute atomic E-state index is 0.310. The number of aromatic nitrogens is 1. The molecule has 0 aliphatic carbocycles. The number of aryl methyl sites for hydroxylation is 1. The maximum Gasteiger partial charge on any atom is 0.165 e. The Morgan fingerprint density at radius 2 is 1.72 bits per heavy atom. The summed E-state index contributed by atoms with van der Waals surface area (Å²) in [5.41, 5.74) is 2.84. The molecule has 1 heterocycles.